The lowest BCUT2D eigenvalue weighted by molar-refractivity contribution is 0.0996. The van der Waals surface area contributed by atoms with Crippen LogP contribution in [0.2, 0.25) is 0 Å². The molecule has 2 aromatic carbocycles. The highest BCUT2D eigenvalue weighted by atomic mass is 127. The summed E-state index contributed by atoms with van der Waals surface area (Å²) < 4.78 is 19.4. The van der Waals surface area contributed by atoms with Gasteiger partial charge in [0.05, 0.1) is 12.8 Å². The molecule has 1 aromatic heterocycles. The molecule has 8 heteroatoms. The maximum Gasteiger partial charge on any atom is 0.291 e. The van der Waals surface area contributed by atoms with E-state index in [0.717, 1.165) is 30.5 Å². The Bertz CT molecular complexity index is 1100. The molecule has 33 heavy (non-hydrogen) atoms. The number of carbonyl (C=O) groups is 1. The monoisotopic (exact) mass is 562 g/mol. The second-order valence-corrected chi connectivity index (χ2v) is 7.94. The normalized spacial score (nSPS) is 14.2. The minimum Gasteiger partial charge on any atom is -0.459 e. The Balaban J connectivity index is 0.00000306. The molecule has 1 aliphatic rings. The zero-order valence-corrected chi connectivity index (χ0v) is 20.8. The van der Waals surface area contributed by atoms with E-state index < -0.39 is 0 Å². The van der Waals surface area contributed by atoms with Crippen molar-refractivity contribution in [3.63, 3.8) is 0 Å². The molecule has 4 rings (SSSR count). The van der Waals surface area contributed by atoms with E-state index in [-0.39, 0.29) is 46.9 Å². The SMILES string of the molecule is CCNC(=NCc1cccc(NC(=O)c2ccco2)c1)NCC1(c2ccccc2F)CC1.I. The van der Waals surface area contributed by atoms with Crippen molar-refractivity contribution >= 4 is 41.5 Å². The van der Waals surface area contributed by atoms with Crippen molar-refractivity contribution < 1.29 is 13.6 Å². The quantitative estimate of drug-likeness (QED) is 0.204. The molecule has 0 spiro atoms. The van der Waals surface area contributed by atoms with Crippen molar-refractivity contribution in [2.24, 2.45) is 4.99 Å². The largest absolute Gasteiger partial charge is 0.459 e. The number of amides is 1. The fourth-order valence-electron chi connectivity index (χ4n) is 3.70. The topological polar surface area (TPSA) is 78.7 Å². The molecule has 1 aliphatic carbocycles. The molecule has 0 aliphatic heterocycles. The number of benzene rings is 2. The molecule has 6 nitrogen and oxygen atoms in total. The Morgan fingerprint density at radius 3 is 2.61 bits per heavy atom. The summed E-state index contributed by atoms with van der Waals surface area (Å²) in [4.78, 5) is 16.9. The highest BCUT2D eigenvalue weighted by Gasteiger charge is 2.45. The summed E-state index contributed by atoms with van der Waals surface area (Å²) >= 11 is 0. The van der Waals surface area contributed by atoms with Gasteiger partial charge in [-0.2, -0.15) is 0 Å². The standard InChI is InChI=1S/C25H27FN4O2.HI/c1-2-27-24(29-17-25(12-13-25)20-9-3-4-10-21(20)26)28-16-18-7-5-8-19(15-18)30-23(31)22-11-6-14-32-22;/h3-11,14-15H,2,12-13,16-17H2,1H3,(H,30,31)(H2,27,28,29);1H. The third kappa shape index (κ3) is 6.34. The van der Waals surface area contributed by atoms with E-state index in [2.05, 4.69) is 20.9 Å². The summed E-state index contributed by atoms with van der Waals surface area (Å²) in [6.07, 6.45) is 3.38. The van der Waals surface area contributed by atoms with Gasteiger partial charge in [-0.05, 0) is 61.2 Å². The molecule has 0 atom stereocenters. The number of anilines is 1. The van der Waals surface area contributed by atoms with Gasteiger partial charge in [-0.3, -0.25) is 4.79 Å². The molecule has 0 bridgehead atoms. The number of aliphatic imine (C=N–C) groups is 1. The van der Waals surface area contributed by atoms with Gasteiger partial charge in [0, 0.05) is 24.2 Å². The Kier molecular flexibility index (Phi) is 8.49. The molecular weight excluding hydrogens is 534 g/mol. The molecule has 1 amide bonds. The van der Waals surface area contributed by atoms with Crippen LogP contribution in [0.3, 0.4) is 0 Å². The van der Waals surface area contributed by atoms with Crippen molar-refractivity contribution in [3.05, 3.63) is 89.6 Å². The number of hydrogen-bond acceptors (Lipinski definition) is 3. The zero-order valence-electron chi connectivity index (χ0n) is 18.4. The third-order valence-corrected chi connectivity index (χ3v) is 5.59. The van der Waals surface area contributed by atoms with Crippen molar-refractivity contribution in [1.29, 1.82) is 0 Å². The van der Waals surface area contributed by atoms with Gasteiger partial charge in [-0.15, -0.1) is 24.0 Å². The minimum atomic E-state index is -0.298. The first-order valence-electron chi connectivity index (χ1n) is 10.8. The van der Waals surface area contributed by atoms with Crippen LogP contribution >= 0.6 is 24.0 Å². The van der Waals surface area contributed by atoms with Crippen LogP contribution in [0.1, 0.15) is 41.4 Å². The number of hydrogen-bond donors (Lipinski definition) is 3. The van der Waals surface area contributed by atoms with Gasteiger partial charge < -0.3 is 20.4 Å². The first-order chi connectivity index (χ1) is 15.6. The fourth-order valence-corrected chi connectivity index (χ4v) is 3.70. The second-order valence-electron chi connectivity index (χ2n) is 7.94. The van der Waals surface area contributed by atoms with Gasteiger partial charge in [0.25, 0.3) is 5.91 Å². The number of rotatable bonds is 8. The predicted molar refractivity (Wildman–Crippen MR) is 139 cm³/mol. The molecule has 1 fully saturated rings. The lowest BCUT2D eigenvalue weighted by atomic mass is 9.95. The first kappa shape index (κ1) is 24.8. The summed E-state index contributed by atoms with van der Waals surface area (Å²) in [5.41, 5.74) is 2.23. The number of furan rings is 1. The van der Waals surface area contributed by atoms with Crippen LogP contribution in [0.4, 0.5) is 10.1 Å². The summed E-state index contributed by atoms with van der Waals surface area (Å²) in [6.45, 7) is 3.79. The number of guanidine groups is 1. The Hall–Kier alpha value is -2.88. The molecule has 3 N–H and O–H groups in total. The zero-order chi connectivity index (χ0) is 22.4. The molecular formula is C25H28FIN4O2. The summed E-state index contributed by atoms with van der Waals surface area (Å²) in [5, 5.41) is 9.45. The van der Waals surface area contributed by atoms with Gasteiger partial charge in [-0.25, -0.2) is 9.38 Å². The van der Waals surface area contributed by atoms with E-state index in [1.54, 1.807) is 18.2 Å². The van der Waals surface area contributed by atoms with Crippen molar-refractivity contribution in [2.75, 3.05) is 18.4 Å². The van der Waals surface area contributed by atoms with E-state index in [9.17, 15) is 9.18 Å². The van der Waals surface area contributed by atoms with Crippen LogP contribution in [-0.2, 0) is 12.0 Å². The van der Waals surface area contributed by atoms with Crippen LogP contribution in [0, 0.1) is 5.82 Å². The van der Waals surface area contributed by atoms with Crippen LogP contribution in [-0.4, -0.2) is 25.0 Å². The molecule has 0 unspecified atom stereocenters. The van der Waals surface area contributed by atoms with E-state index in [1.165, 1.54) is 12.3 Å². The predicted octanol–water partition coefficient (Wildman–Crippen LogP) is 5.08. The van der Waals surface area contributed by atoms with Gasteiger partial charge in [0.15, 0.2) is 11.7 Å². The molecule has 174 valence electrons. The summed E-state index contributed by atoms with van der Waals surface area (Å²) in [5.74, 6) is 0.492. The smallest absolute Gasteiger partial charge is 0.291 e. The Morgan fingerprint density at radius 1 is 1.09 bits per heavy atom. The Labute approximate surface area is 210 Å². The van der Waals surface area contributed by atoms with Gasteiger partial charge >= 0.3 is 0 Å². The average molecular weight is 562 g/mol. The van der Waals surface area contributed by atoms with E-state index in [1.807, 2.05) is 43.3 Å². The third-order valence-electron chi connectivity index (χ3n) is 5.59. The molecule has 3 aromatic rings. The lowest BCUT2D eigenvalue weighted by Crippen LogP contribution is -2.41. The van der Waals surface area contributed by atoms with Crippen molar-refractivity contribution in [3.8, 4) is 0 Å². The Morgan fingerprint density at radius 2 is 1.91 bits per heavy atom. The van der Waals surface area contributed by atoms with Gasteiger partial charge in [-0.1, -0.05) is 30.3 Å². The molecule has 0 radical (unpaired) electrons. The minimum absolute atomic E-state index is 0. The van der Waals surface area contributed by atoms with Crippen molar-refractivity contribution in [2.45, 2.75) is 31.7 Å². The van der Waals surface area contributed by atoms with Crippen LogP contribution in [0.25, 0.3) is 0 Å². The number of nitrogens with one attached hydrogen (secondary N) is 3. The lowest BCUT2D eigenvalue weighted by Gasteiger charge is -2.19. The molecule has 1 heterocycles. The molecule has 0 saturated heterocycles. The number of nitrogens with zero attached hydrogens (tertiary/aromatic N) is 1. The van der Waals surface area contributed by atoms with E-state index in [4.69, 9.17) is 4.42 Å². The van der Waals surface area contributed by atoms with Crippen molar-refractivity contribution in [1.82, 2.24) is 10.6 Å². The highest BCUT2D eigenvalue weighted by molar-refractivity contribution is 14.0. The summed E-state index contributed by atoms with van der Waals surface area (Å²) in [7, 11) is 0. The van der Waals surface area contributed by atoms with E-state index >= 15 is 0 Å². The average Bonchev–Trinajstić information content (AvgIpc) is 3.37. The van der Waals surface area contributed by atoms with Crippen LogP contribution in [0.5, 0.6) is 0 Å². The van der Waals surface area contributed by atoms with Gasteiger partial charge in [0.2, 0.25) is 0 Å². The summed E-state index contributed by atoms with van der Waals surface area (Å²) in [6, 6.07) is 17.8. The molecule has 1 saturated carbocycles. The number of carbonyl (C=O) groups excluding carboxylic acids is 1. The second kappa shape index (κ2) is 11.3. The fraction of sp³-hybridized carbons (Fsp3) is 0.280. The van der Waals surface area contributed by atoms with E-state index in [0.29, 0.717) is 24.7 Å². The highest BCUT2D eigenvalue weighted by Crippen LogP contribution is 2.48. The first-order valence-corrected chi connectivity index (χ1v) is 10.8. The van der Waals surface area contributed by atoms with Gasteiger partial charge in [0.1, 0.15) is 5.82 Å². The van der Waals surface area contributed by atoms with Crippen LogP contribution in [0.15, 0.2) is 76.3 Å². The van der Waals surface area contributed by atoms with Crippen LogP contribution < -0.4 is 16.0 Å². The maximum atomic E-state index is 14.3. The maximum absolute atomic E-state index is 14.3. The number of halogens is 2.